The van der Waals surface area contributed by atoms with Crippen LogP contribution in [0.4, 0.5) is 11.4 Å². The van der Waals surface area contributed by atoms with Crippen LogP contribution >= 0.6 is 0 Å². The summed E-state index contributed by atoms with van der Waals surface area (Å²) in [7, 11) is 1.87. The highest BCUT2D eigenvalue weighted by Gasteiger charge is 2.17. The second-order valence-electron chi connectivity index (χ2n) is 6.21. The quantitative estimate of drug-likeness (QED) is 0.544. The van der Waals surface area contributed by atoms with Gasteiger partial charge in [-0.25, -0.2) is 4.79 Å². The van der Waals surface area contributed by atoms with E-state index in [1.165, 1.54) is 0 Å². The lowest BCUT2D eigenvalue weighted by molar-refractivity contribution is -0.138. The van der Waals surface area contributed by atoms with E-state index in [-0.39, 0.29) is 17.5 Å². The third-order valence-electron chi connectivity index (χ3n) is 4.34. The topological polar surface area (TPSA) is 76.1 Å². The molecule has 0 radical (unpaired) electrons. The molecule has 0 aliphatic carbocycles. The number of carboxylic acid groups (broad SMARTS) is 1. The molecular formula is C21H25NO5. The molecule has 1 N–H and O–H groups in total. The van der Waals surface area contributed by atoms with Crippen LogP contribution in [0.15, 0.2) is 42.5 Å². The van der Waals surface area contributed by atoms with Crippen LogP contribution in [0, 0.1) is 5.92 Å². The number of carbonyl (C=O) groups is 2. The van der Waals surface area contributed by atoms with Gasteiger partial charge in [-0.05, 0) is 49.7 Å². The molecule has 0 bridgehead atoms. The summed E-state index contributed by atoms with van der Waals surface area (Å²) in [5.41, 5.74) is 1.88. The highest BCUT2D eigenvalue weighted by Crippen LogP contribution is 2.35. The predicted molar refractivity (Wildman–Crippen MR) is 104 cm³/mol. The number of anilines is 2. The molecule has 0 aliphatic heterocycles. The Kier molecular flexibility index (Phi) is 6.82. The van der Waals surface area contributed by atoms with Crippen LogP contribution in [0.3, 0.4) is 0 Å². The molecule has 0 spiro atoms. The SMILES string of the molecule is CCOc1cc(N(C)c2ccc(C(=O)O)cc2)ccc1OC(=O)C(C)CC. The predicted octanol–water partition coefficient (Wildman–Crippen LogP) is 4.50. The number of hydrogen-bond donors (Lipinski definition) is 1. The van der Waals surface area contributed by atoms with Gasteiger partial charge in [-0.1, -0.05) is 13.8 Å². The largest absolute Gasteiger partial charge is 0.490 e. The van der Waals surface area contributed by atoms with E-state index >= 15 is 0 Å². The number of carbonyl (C=O) groups excluding carboxylic acids is 1. The van der Waals surface area contributed by atoms with E-state index < -0.39 is 5.97 Å². The summed E-state index contributed by atoms with van der Waals surface area (Å²) in [5, 5.41) is 9.01. The normalized spacial score (nSPS) is 11.6. The lowest BCUT2D eigenvalue weighted by Crippen LogP contribution is -2.17. The molecule has 27 heavy (non-hydrogen) atoms. The highest BCUT2D eigenvalue weighted by atomic mass is 16.6. The fourth-order valence-corrected chi connectivity index (χ4v) is 2.41. The van der Waals surface area contributed by atoms with Gasteiger partial charge in [0, 0.05) is 24.5 Å². The number of ether oxygens (including phenoxy) is 2. The molecule has 0 aromatic heterocycles. The van der Waals surface area contributed by atoms with E-state index in [9.17, 15) is 9.59 Å². The van der Waals surface area contributed by atoms with Crippen LogP contribution in [0.25, 0.3) is 0 Å². The lowest BCUT2D eigenvalue weighted by atomic mass is 10.1. The summed E-state index contributed by atoms with van der Waals surface area (Å²) >= 11 is 0. The van der Waals surface area contributed by atoms with E-state index in [1.54, 1.807) is 36.4 Å². The van der Waals surface area contributed by atoms with Crippen molar-refractivity contribution in [1.29, 1.82) is 0 Å². The number of aromatic carboxylic acids is 1. The maximum atomic E-state index is 12.1. The van der Waals surface area contributed by atoms with Gasteiger partial charge in [-0.3, -0.25) is 4.79 Å². The Labute approximate surface area is 159 Å². The van der Waals surface area contributed by atoms with Crippen LogP contribution in [-0.4, -0.2) is 30.7 Å². The molecule has 1 atom stereocenters. The van der Waals surface area contributed by atoms with Crippen molar-refractivity contribution < 1.29 is 24.2 Å². The lowest BCUT2D eigenvalue weighted by Gasteiger charge is -2.21. The molecule has 2 aromatic rings. The van der Waals surface area contributed by atoms with Gasteiger partial charge in [-0.15, -0.1) is 0 Å². The van der Waals surface area contributed by atoms with Gasteiger partial charge in [0.1, 0.15) is 0 Å². The molecule has 2 aromatic carbocycles. The average molecular weight is 371 g/mol. The van der Waals surface area contributed by atoms with E-state index in [0.717, 1.165) is 11.4 Å². The highest BCUT2D eigenvalue weighted by molar-refractivity contribution is 5.88. The Morgan fingerprint density at radius 1 is 1.04 bits per heavy atom. The Balaban J connectivity index is 2.27. The fraction of sp³-hybridized carbons (Fsp3) is 0.333. The molecule has 0 heterocycles. The molecule has 0 aliphatic rings. The zero-order chi connectivity index (χ0) is 20.0. The number of carboxylic acids is 1. The number of hydrogen-bond acceptors (Lipinski definition) is 5. The molecule has 0 fully saturated rings. The number of benzene rings is 2. The number of nitrogens with zero attached hydrogens (tertiary/aromatic N) is 1. The van der Waals surface area contributed by atoms with Gasteiger partial charge in [0.2, 0.25) is 0 Å². The first-order valence-electron chi connectivity index (χ1n) is 8.93. The van der Waals surface area contributed by atoms with Crippen molar-refractivity contribution in [3.8, 4) is 11.5 Å². The summed E-state index contributed by atoms with van der Waals surface area (Å²) in [5.74, 6) is -0.560. The zero-order valence-corrected chi connectivity index (χ0v) is 16.1. The van der Waals surface area contributed by atoms with Crippen LogP contribution < -0.4 is 14.4 Å². The molecule has 0 saturated carbocycles. The summed E-state index contributed by atoms with van der Waals surface area (Å²) < 4.78 is 11.1. The summed E-state index contributed by atoms with van der Waals surface area (Å²) in [6.45, 7) is 6.06. The van der Waals surface area contributed by atoms with E-state index in [0.29, 0.717) is 24.5 Å². The van der Waals surface area contributed by atoms with Crippen LogP contribution in [0.5, 0.6) is 11.5 Å². The van der Waals surface area contributed by atoms with Crippen LogP contribution in [0.2, 0.25) is 0 Å². The maximum absolute atomic E-state index is 12.1. The van der Waals surface area contributed by atoms with Crippen molar-refractivity contribution >= 4 is 23.3 Å². The van der Waals surface area contributed by atoms with Gasteiger partial charge >= 0.3 is 11.9 Å². The number of rotatable bonds is 8. The molecule has 2 rings (SSSR count). The fourth-order valence-electron chi connectivity index (χ4n) is 2.41. The molecule has 6 nitrogen and oxygen atoms in total. The molecular weight excluding hydrogens is 346 g/mol. The van der Waals surface area contributed by atoms with Crippen molar-refractivity contribution in [2.75, 3.05) is 18.6 Å². The first-order valence-corrected chi connectivity index (χ1v) is 8.93. The van der Waals surface area contributed by atoms with Crippen molar-refractivity contribution in [1.82, 2.24) is 0 Å². The van der Waals surface area contributed by atoms with Gasteiger partial charge in [-0.2, -0.15) is 0 Å². The third-order valence-corrected chi connectivity index (χ3v) is 4.34. The van der Waals surface area contributed by atoms with Gasteiger partial charge in [0.25, 0.3) is 0 Å². The molecule has 0 amide bonds. The minimum absolute atomic E-state index is 0.186. The van der Waals surface area contributed by atoms with Gasteiger partial charge in [0.05, 0.1) is 18.1 Å². The monoisotopic (exact) mass is 371 g/mol. The van der Waals surface area contributed by atoms with Crippen molar-refractivity contribution in [2.45, 2.75) is 27.2 Å². The molecule has 6 heteroatoms. The van der Waals surface area contributed by atoms with Gasteiger partial charge in [0.15, 0.2) is 11.5 Å². The zero-order valence-electron chi connectivity index (χ0n) is 16.1. The second kappa shape index (κ2) is 9.07. The summed E-state index contributed by atoms with van der Waals surface area (Å²) in [6, 6.07) is 11.9. The van der Waals surface area contributed by atoms with Crippen LogP contribution in [0.1, 0.15) is 37.6 Å². The van der Waals surface area contributed by atoms with Crippen molar-refractivity contribution in [3.05, 3.63) is 48.0 Å². The summed E-state index contributed by atoms with van der Waals surface area (Å²) in [4.78, 5) is 25.0. The smallest absolute Gasteiger partial charge is 0.335 e. The molecule has 0 saturated heterocycles. The van der Waals surface area contributed by atoms with E-state index in [2.05, 4.69) is 0 Å². The van der Waals surface area contributed by atoms with E-state index in [1.807, 2.05) is 38.8 Å². The first-order chi connectivity index (χ1) is 12.9. The van der Waals surface area contributed by atoms with Gasteiger partial charge < -0.3 is 19.5 Å². The standard InChI is InChI=1S/C21H25NO5/c1-5-14(3)21(25)27-18-12-11-17(13-19(18)26-6-2)22(4)16-9-7-15(8-10-16)20(23)24/h7-14H,5-6H2,1-4H3,(H,23,24). The maximum Gasteiger partial charge on any atom is 0.335 e. The van der Waals surface area contributed by atoms with Crippen molar-refractivity contribution in [3.63, 3.8) is 0 Å². The Bertz CT molecular complexity index is 801. The minimum atomic E-state index is -0.963. The van der Waals surface area contributed by atoms with Crippen molar-refractivity contribution in [2.24, 2.45) is 5.92 Å². The Hall–Kier alpha value is -3.02. The molecule has 144 valence electrons. The average Bonchev–Trinajstić information content (AvgIpc) is 2.68. The van der Waals surface area contributed by atoms with E-state index in [4.69, 9.17) is 14.6 Å². The summed E-state index contributed by atoms with van der Waals surface area (Å²) in [6.07, 6.45) is 0.704. The molecule has 1 unspecified atom stereocenters. The second-order valence-corrected chi connectivity index (χ2v) is 6.21. The first kappa shape index (κ1) is 20.3. The Morgan fingerprint density at radius 3 is 2.22 bits per heavy atom. The van der Waals surface area contributed by atoms with Crippen LogP contribution in [-0.2, 0) is 4.79 Å². The minimum Gasteiger partial charge on any atom is -0.490 e. The number of esters is 1. The Morgan fingerprint density at radius 2 is 1.67 bits per heavy atom. The third kappa shape index (κ3) is 5.00.